The van der Waals surface area contributed by atoms with Gasteiger partial charge in [-0.2, -0.15) is 0 Å². The molecule has 0 unspecified atom stereocenters. The normalized spacial score (nSPS) is 10.5. The zero-order valence-corrected chi connectivity index (χ0v) is 16.5. The molecule has 0 aliphatic carbocycles. The molecule has 0 aliphatic heterocycles. The van der Waals surface area contributed by atoms with E-state index in [-0.39, 0.29) is 5.91 Å². The van der Waals surface area contributed by atoms with Crippen LogP contribution in [0.3, 0.4) is 0 Å². The summed E-state index contributed by atoms with van der Waals surface area (Å²) in [6.45, 7) is 6.47. The average molecular weight is 375 g/mol. The zero-order valence-electron chi connectivity index (χ0n) is 16.5. The highest BCUT2D eigenvalue weighted by molar-refractivity contribution is 5.93. The van der Waals surface area contributed by atoms with Crippen LogP contribution in [0.4, 0.5) is 11.5 Å². The lowest BCUT2D eigenvalue weighted by molar-refractivity contribution is 0.0945. The number of para-hydroxylation sites is 1. The zero-order chi connectivity index (χ0) is 19.9. The van der Waals surface area contributed by atoms with Crippen LogP contribution in [0.1, 0.15) is 46.9 Å². The van der Waals surface area contributed by atoms with Crippen LogP contribution in [0.2, 0.25) is 0 Å². The maximum atomic E-state index is 12.6. The minimum absolute atomic E-state index is 0.232. The van der Waals surface area contributed by atoms with E-state index in [2.05, 4.69) is 57.6 Å². The second-order valence-corrected chi connectivity index (χ2v) is 6.51. The third kappa shape index (κ3) is 4.71. The second kappa shape index (κ2) is 9.08. The summed E-state index contributed by atoms with van der Waals surface area (Å²) < 4.78 is 0. The molecular weight excluding hydrogens is 350 g/mol. The summed E-state index contributed by atoms with van der Waals surface area (Å²) in [5.74, 6) is 0.938. The van der Waals surface area contributed by atoms with Gasteiger partial charge in [-0.15, -0.1) is 0 Å². The smallest absolute Gasteiger partial charge is 0.270 e. The minimum Gasteiger partial charge on any atom is -0.347 e. The van der Waals surface area contributed by atoms with Crippen LogP contribution in [0.5, 0.6) is 0 Å². The molecule has 3 rings (SSSR count). The van der Waals surface area contributed by atoms with Gasteiger partial charge in [0.2, 0.25) is 0 Å². The van der Waals surface area contributed by atoms with Gasteiger partial charge in [0.15, 0.2) is 0 Å². The standard InChI is InChI=1S/C22H25N5O/c1-4-17-7-6-8-18(5-2)21(17)27-20-13-19(25-15(3)26-20)22(28)24-14-16-9-11-23-12-10-16/h6-13H,4-5,14H2,1-3H3,(H,24,28)(H,25,26,27). The Morgan fingerprint density at radius 2 is 1.68 bits per heavy atom. The molecule has 3 aromatic rings. The number of pyridine rings is 1. The van der Waals surface area contributed by atoms with Crippen molar-refractivity contribution in [3.63, 3.8) is 0 Å². The molecule has 2 heterocycles. The van der Waals surface area contributed by atoms with E-state index in [0.29, 0.717) is 23.9 Å². The highest BCUT2D eigenvalue weighted by Gasteiger charge is 2.13. The Kier molecular flexibility index (Phi) is 6.32. The monoisotopic (exact) mass is 375 g/mol. The number of carbonyl (C=O) groups excluding carboxylic acids is 1. The van der Waals surface area contributed by atoms with Gasteiger partial charge in [0.25, 0.3) is 5.91 Å². The van der Waals surface area contributed by atoms with Crippen LogP contribution in [-0.2, 0) is 19.4 Å². The summed E-state index contributed by atoms with van der Waals surface area (Å²) >= 11 is 0. The maximum absolute atomic E-state index is 12.6. The van der Waals surface area contributed by atoms with E-state index in [9.17, 15) is 4.79 Å². The number of carbonyl (C=O) groups is 1. The van der Waals surface area contributed by atoms with Crippen LogP contribution < -0.4 is 10.6 Å². The molecule has 0 saturated heterocycles. The topological polar surface area (TPSA) is 79.8 Å². The maximum Gasteiger partial charge on any atom is 0.270 e. The molecule has 0 spiro atoms. The Bertz CT molecular complexity index is 934. The number of aromatic nitrogens is 3. The molecule has 2 aromatic heterocycles. The van der Waals surface area contributed by atoms with Crippen LogP contribution in [-0.4, -0.2) is 20.9 Å². The first-order valence-electron chi connectivity index (χ1n) is 9.51. The van der Waals surface area contributed by atoms with E-state index in [0.717, 1.165) is 24.1 Å². The van der Waals surface area contributed by atoms with E-state index in [4.69, 9.17) is 0 Å². The minimum atomic E-state index is -0.232. The molecule has 0 fully saturated rings. The lowest BCUT2D eigenvalue weighted by Gasteiger charge is -2.15. The van der Waals surface area contributed by atoms with Crippen LogP contribution in [0.25, 0.3) is 0 Å². The van der Waals surface area contributed by atoms with Crippen molar-refractivity contribution in [3.8, 4) is 0 Å². The third-order valence-corrected chi connectivity index (χ3v) is 4.52. The second-order valence-electron chi connectivity index (χ2n) is 6.51. The first kappa shape index (κ1) is 19.5. The number of rotatable bonds is 7. The van der Waals surface area contributed by atoms with Gasteiger partial charge in [0.1, 0.15) is 17.3 Å². The van der Waals surface area contributed by atoms with Crippen molar-refractivity contribution in [2.75, 3.05) is 5.32 Å². The van der Waals surface area contributed by atoms with Gasteiger partial charge in [0.05, 0.1) is 0 Å². The molecule has 1 aromatic carbocycles. The number of anilines is 2. The highest BCUT2D eigenvalue weighted by Crippen LogP contribution is 2.26. The van der Waals surface area contributed by atoms with Gasteiger partial charge in [-0.25, -0.2) is 9.97 Å². The first-order valence-corrected chi connectivity index (χ1v) is 9.51. The fourth-order valence-corrected chi connectivity index (χ4v) is 3.05. The average Bonchev–Trinajstić information content (AvgIpc) is 2.72. The number of amides is 1. The van der Waals surface area contributed by atoms with Crippen LogP contribution >= 0.6 is 0 Å². The van der Waals surface area contributed by atoms with E-state index < -0.39 is 0 Å². The largest absolute Gasteiger partial charge is 0.347 e. The molecule has 0 radical (unpaired) electrons. The molecule has 0 atom stereocenters. The summed E-state index contributed by atoms with van der Waals surface area (Å²) in [6, 6.07) is 11.7. The molecule has 2 N–H and O–H groups in total. The van der Waals surface area contributed by atoms with Crippen molar-refractivity contribution in [2.24, 2.45) is 0 Å². The van der Waals surface area contributed by atoms with Crippen molar-refractivity contribution in [2.45, 2.75) is 40.2 Å². The van der Waals surface area contributed by atoms with Crippen molar-refractivity contribution in [3.05, 3.63) is 77.0 Å². The predicted octanol–water partition coefficient (Wildman–Crippen LogP) is 3.98. The summed E-state index contributed by atoms with van der Waals surface area (Å²) in [4.78, 5) is 25.3. The van der Waals surface area contributed by atoms with E-state index in [1.165, 1.54) is 11.1 Å². The summed E-state index contributed by atoms with van der Waals surface area (Å²) in [5.41, 5.74) is 4.83. The van der Waals surface area contributed by atoms with Gasteiger partial charge < -0.3 is 10.6 Å². The molecule has 0 bridgehead atoms. The molecule has 0 saturated carbocycles. The molecule has 28 heavy (non-hydrogen) atoms. The van der Waals surface area contributed by atoms with Gasteiger partial charge in [-0.3, -0.25) is 9.78 Å². The SMILES string of the molecule is CCc1cccc(CC)c1Nc1cc(C(=O)NCc2ccncc2)nc(C)n1. The van der Waals surface area contributed by atoms with Crippen LogP contribution in [0.15, 0.2) is 48.8 Å². The van der Waals surface area contributed by atoms with Gasteiger partial charge in [0, 0.05) is 30.7 Å². The first-order chi connectivity index (χ1) is 13.6. The summed E-state index contributed by atoms with van der Waals surface area (Å²) in [6.07, 6.45) is 5.24. The van der Waals surface area contributed by atoms with E-state index >= 15 is 0 Å². The Hall–Kier alpha value is -3.28. The summed E-state index contributed by atoms with van der Waals surface area (Å²) in [5, 5.41) is 6.31. The van der Waals surface area contributed by atoms with Gasteiger partial charge in [-0.05, 0) is 48.6 Å². The van der Waals surface area contributed by atoms with E-state index in [1.54, 1.807) is 25.4 Å². The number of nitrogens with zero attached hydrogens (tertiary/aromatic N) is 3. The molecule has 6 heteroatoms. The molecule has 1 amide bonds. The highest BCUT2D eigenvalue weighted by atomic mass is 16.1. The quantitative estimate of drug-likeness (QED) is 0.653. The lowest BCUT2D eigenvalue weighted by Crippen LogP contribution is -2.24. The predicted molar refractivity (Wildman–Crippen MR) is 111 cm³/mol. The fourth-order valence-electron chi connectivity index (χ4n) is 3.05. The number of hydrogen-bond donors (Lipinski definition) is 2. The number of hydrogen-bond acceptors (Lipinski definition) is 5. The van der Waals surface area contributed by atoms with E-state index in [1.807, 2.05) is 12.1 Å². The third-order valence-electron chi connectivity index (χ3n) is 4.52. The Labute approximate surface area is 165 Å². The van der Waals surface area contributed by atoms with Crippen molar-refractivity contribution in [1.82, 2.24) is 20.3 Å². The Balaban J connectivity index is 1.81. The number of benzene rings is 1. The van der Waals surface area contributed by atoms with Gasteiger partial charge in [-0.1, -0.05) is 32.0 Å². The fraction of sp³-hybridized carbons (Fsp3) is 0.273. The summed E-state index contributed by atoms with van der Waals surface area (Å²) in [7, 11) is 0. The molecule has 144 valence electrons. The lowest BCUT2D eigenvalue weighted by atomic mass is 10.0. The number of nitrogens with one attached hydrogen (secondary N) is 2. The molecular formula is C22H25N5O. The van der Waals surface area contributed by atoms with Crippen LogP contribution in [0, 0.1) is 6.92 Å². The van der Waals surface area contributed by atoms with Crippen molar-refractivity contribution >= 4 is 17.4 Å². The van der Waals surface area contributed by atoms with Crippen molar-refractivity contribution in [1.29, 1.82) is 0 Å². The van der Waals surface area contributed by atoms with Gasteiger partial charge >= 0.3 is 0 Å². The Morgan fingerprint density at radius 1 is 1.00 bits per heavy atom. The number of aryl methyl sites for hydroxylation is 3. The molecule has 6 nitrogen and oxygen atoms in total. The van der Waals surface area contributed by atoms with Crippen molar-refractivity contribution < 1.29 is 4.79 Å². The Morgan fingerprint density at radius 3 is 2.32 bits per heavy atom. The molecule has 0 aliphatic rings.